The number of rotatable bonds is 5. The molecular formula is C13H26INO. The van der Waals surface area contributed by atoms with E-state index in [2.05, 4.69) is 48.7 Å². The minimum atomic E-state index is -0.256. The molecule has 0 aliphatic heterocycles. The molecule has 0 aromatic heterocycles. The number of hydrogen-bond donors (Lipinski definition) is 1. The van der Waals surface area contributed by atoms with Crippen molar-refractivity contribution in [3.8, 4) is 0 Å². The summed E-state index contributed by atoms with van der Waals surface area (Å²) in [5, 5.41) is 3.44. The van der Waals surface area contributed by atoms with Crippen LogP contribution in [0.1, 0.15) is 54.4 Å². The van der Waals surface area contributed by atoms with Crippen molar-refractivity contribution >= 4 is 28.4 Å². The van der Waals surface area contributed by atoms with Gasteiger partial charge in [-0.2, -0.15) is 0 Å². The number of carbonyl (C=O) groups is 1. The third-order valence-corrected chi connectivity index (χ3v) is 3.05. The van der Waals surface area contributed by atoms with E-state index < -0.39 is 0 Å². The van der Waals surface area contributed by atoms with E-state index >= 15 is 0 Å². The molecular weight excluding hydrogens is 313 g/mol. The van der Waals surface area contributed by atoms with Crippen LogP contribution in [0.2, 0.25) is 0 Å². The minimum absolute atomic E-state index is 0.00313. The van der Waals surface area contributed by atoms with Gasteiger partial charge in [-0.1, -0.05) is 43.4 Å². The van der Waals surface area contributed by atoms with Crippen molar-refractivity contribution in [2.45, 2.75) is 66.0 Å². The molecule has 3 heteroatoms. The van der Waals surface area contributed by atoms with Crippen LogP contribution in [0, 0.1) is 5.41 Å². The van der Waals surface area contributed by atoms with E-state index in [1.807, 2.05) is 20.8 Å². The van der Waals surface area contributed by atoms with Gasteiger partial charge in [-0.15, -0.1) is 0 Å². The molecule has 0 aliphatic rings. The lowest BCUT2D eigenvalue weighted by Crippen LogP contribution is -2.50. The molecule has 0 heterocycles. The van der Waals surface area contributed by atoms with Crippen molar-refractivity contribution in [2.75, 3.05) is 4.43 Å². The van der Waals surface area contributed by atoms with Gasteiger partial charge < -0.3 is 5.32 Å². The Kier molecular flexibility index (Phi) is 6.48. The molecule has 0 bridgehead atoms. The molecule has 0 rings (SSSR count). The molecule has 0 aromatic rings. The molecule has 0 fully saturated rings. The fraction of sp³-hybridized carbons (Fsp3) is 0.923. The average Bonchev–Trinajstić information content (AvgIpc) is 2.07. The standard InChI is InChI=1S/C13H26INO/c1-12(2,3)11(16)10(8-7-9-14)15-13(4,5)6/h10,15H,7-9H2,1-6H3. The van der Waals surface area contributed by atoms with E-state index in [1.165, 1.54) is 0 Å². The van der Waals surface area contributed by atoms with Crippen LogP contribution in [-0.2, 0) is 4.79 Å². The molecule has 1 N–H and O–H groups in total. The molecule has 0 spiro atoms. The van der Waals surface area contributed by atoms with E-state index in [1.54, 1.807) is 0 Å². The van der Waals surface area contributed by atoms with Gasteiger partial charge in [-0.3, -0.25) is 4.79 Å². The molecule has 16 heavy (non-hydrogen) atoms. The predicted octanol–water partition coefficient (Wildman–Crippen LogP) is 3.57. The van der Waals surface area contributed by atoms with Gasteiger partial charge in [-0.05, 0) is 38.0 Å². The highest BCUT2D eigenvalue weighted by Gasteiger charge is 2.31. The Balaban J connectivity index is 4.61. The average molecular weight is 339 g/mol. The molecule has 0 aliphatic carbocycles. The molecule has 96 valence electrons. The number of alkyl halides is 1. The van der Waals surface area contributed by atoms with Crippen molar-refractivity contribution in [1.82, 2.24) is 5.32 Å². The zero-order valence-electron chi connectivity index (χ0n) is 11.5. The van der Waals surface area contributed by atoms with Gasteiger partial charge in [-0.25, -0.2) is 0 Å². The zero-order chi connectivity index (χ0) is 13.0. The summed E-state index contributed by atoms with van der Waals surface area (Å²) in [5.41, 5.74) is -0.259. The van der Waals surface area contributed by atoms with E-state index in [-0.39, 0.29) is 17.0 Å². The van der Waals surface area contributed by atoms with Crippen LogP contribution in [0.5, 0.6) is 0 Å². The first-order chi connectivity index (χ1) is 7.08. The number of nitrogens with one attached hydrogen (secondary N) is 1. The maximum atomic E-state index is 12.3. The lowest BCUT2D eigenvalue weighted by molar-refractivity contribution is -0.129. The second kappa shape index (κ2) is 6.34. The molecule has 0 radical (unpaired) electrons. The Bertz CT molecular complexity index is 225. The van der Waals surface area contributed by atoms with E-state index in [9.17, 15) is 4.79 Å². The fourth-order valence-corrected chi connectivity index (χ4v) is 2.04. The highest BCUT2D eigenvalue weighted by atomic mass is 127. The Hall–Kier alpha value is 0.360. The van der Waals surface area contributed by atoms with Gasteiger partial charge in [0.25, 0.3) is 0 Å². The molecule has 1 unspecified atom stereocenters. The van der Waals surface area contributed by atoms with Crippen LogP contribution >= 0.6 is 22.6 Å². The van der Waals surface area contributed by atoms with Crippen LogP contribution in [0.15, 0.2) is 0 Å². The molecule has 2 nitrogen and oxygen atoms in total. The van der Waals surface area contributed by atoms with Crippen LogP contribution in [0.3, 0.4) is 0 Å². The topological polar surface area (TPSA) is 29.1 Å². The molecule has 0 aromatic carbocycles. The molecule has 0 amide bonds. The largest absolute Gasteiger partial charge is 0.303 e. The highest BCUT2D eigenvalue weighted by molar-refractivity contribution is 14.1. The van der Waals surface area contributed by atoms with Crippen molar-refractivity contribution < 1.29 is 4.79 Å². The monoisotopic (exact) mass is 339 g/mol. The summed E-state index contributed by atoms with van der Waals surface area (Å²) in [6, 6.07) is -0.00485. The molecule has 0 saturated heterocycles. The van der Waals surface area contributed by atoms with Crippen LogP contribution in [-0.4, -0.2) is 21.8 Å². The predicted molar refractivity (Wildman–Crippen MR) is 79.3 cm³/mol. The summed E-state index contributed by atoms with van der Waals surface area (Å²) in [4.78, 5) is 12.3. The first-order valence-corrected chi connectivity index (χ1v) is 7.48. The van der Waals surface area contributed by atoms with Crippen LogP contribution < -0.4 is 5.32 Å². The van der Waals surface area contributed by atoms with E-state index in [0.717, 1.165) is 17.3 Å². The summed E-state index contributed by atoms with van der Waals surface area (Å²) in [5.74, 6) is 0.326. The normalized spacial score (nSPS) is 14.9. The molecule has 1 atom stereocenters. The number of Topliss-reactive ketones (excluding diaryl/α,β-unsaturated/α-hetero) is 1. The van der Waals surface area contributed by atoms with Crippen LogP contribution in [0.4, 0.5) is 0 Å². The summed E-state index contributed by atoms with van der Waals surface area (Å²) >= 11 is 2.36. The first kappa shape index (κ1) is 16.4. The number of carbonyl (C=O) groups excluding carboxylic acids is 1. The van der Waals surface area contributed by atoms with Crippen molar-refractivity contribution in [2.24, 2.45) is 5.41 Å². The lowest BCUT2D eigenvalue weighted by atomic mass is 9.84. The van der Waals surface area contributed by atoms with Gasteiger partial charge in [0.05, 0.1) is 6.04 Å². The lowest BCUT2D eigenvalue weighted by Gasteiger charge is -2.31. The van der Waals surface area contributed by atoms with Crippen molar-refractivity contribution in [3.05, 3.63) is 0 Å². The van der Waals surface area contributed by atoms with Gasteiger partial charge in [0.2, 0.25) is 0 Å². The summed E-state index contributed by atoms with van der Waals surface area (Å²) in [6.07, 6.45) is 2.03. The second-order valence-corrected chi connectivity index (χ2v) is 7.47. The number of halogens is 1. The Morgan fingerprint density at radius 3 is 2.00 bits per heavy atom. The highest BCUT2D eigenvalue weighted by Crippen LogP contribution is 2.20. The Morgan fingerprint density at radius 2 is 1.69 bits per heavy atom. The van der Waals surface area contributed by atoms with Crippen molar-refractivity contribution in [3.63, 3.8) is 0 Å². The Morgan fingerprint density at radius 1 is 1.19 bits per heavy atom. The SMILES string of the molecule is CC(C)(C)NC(CCCI)C(=O)C(C)(C)C. The third-order valence-electron chi connectivity index (χ3n) is 2.29. The zero-order valence-corrected chi connectivity index (χ0v) is 13.6. The second-order valence-electron chi connectivity index (χ2n) is 6.39. The van der Waals surface area contributed by atoms with Gasteiger partial charge in [0.15, 0.2) is 5.78 Å². The molecule has 0 saturated carbocycles. The van der Waals surface area contributed by atoms with E-state index in [4.69, 9.17) is 0 Å². The Labute approximate surface area is 114 Å². The summed E-state index contributed by atoms with van der Waals surface area (Å²) in [7, 11) is 0. The number of hydrogen-bond acceptors (Lipinski definition) is 2. The maximum Gasteiger partial charge on any atom is 0.155 e. The van der Waals surface area contributed by atoms with Gasteiger partial charge in [0, 0.05) is 11.0 Å². The fourth-order valence-electron chi connectivity index (χ4n) is 1.60. The smallest absolute Gasteiger partial charge is 0.155 e. The first-order valence-electron chi connectivity index (χ1n) is 5.96. The van der Waals surface area contributed by atoms with Crippen molar-refractivity contribution in [1.29, 1.82) is 0 Å². The maximum absolute atomic E-state index is 12.3. The minimum Gasteiger partial charge on any atom is -0.303 e. The van der Waals surface area contributed by atoms with Gasteiger partial charge in [0.1, 0.15) is 0 Å². The quantitative estimate of drug-likeness (QED) is 0.613. The number of ketones is 1. The summed E-state index contributed by atoms with van der Waals surface area (Å²) < 4.78 is 1.11. The van der Waals surface area contributed by atoms with E-state index in [0.29, 0.717) is 5.78 Å². The van der Waals surface area contributed by atoms with Gasteiger partial charge >= 0.3 is 0 Å². The summed E-state index contributed by atoms with van der Waals surface area (Å²) in [6.45, 7) is 12.3. The third kappa shape index (κ3) is 6.84. The van der Waals surface area contributed by atoms with Crippen LogP contribution in [0.25, 0.3) is 0 Å².